The van der Waals surface area contributed by atoms with Crippen molar-refractivity contribution in [3.8, 4) is 10.8 Å². The van der Waals surface area contributed by atoms with Gasteiger partial charge in [-0.25, -0.2) is 0 Å². The highest BCUT2D eigenvalue weighted by Crippen LogP contribution is 2.36. The number of benzene rings is 1. The zero-order valence-electron chi connectivity index (χ0n) is 11.8. The molecule has 2 heterocycles. The van der Waals surface area contributed by atoms with Crippen molar-refractivity contribution in [2.24, 2.45) is 0 Å². The van der Waals surface area contributed by atoms with Gasteiger partial charge in [0.15, 0.2) is 5.78 Å². The Morgan fingerprint density at radius 1 is 1.35 bits per heavy atom. The number of thiophene rings is 1. The molecule has 3 aromatic rings. The molecule has 0 amide bonds. The van der Waals surface area contributed by atoms with Gasteiger partial charge in [-0.2, -0.15) is 0 Å². The Bertz CT molecular complexity index is 874. The molecule has 116 valence electrons. The topological polar surface area (TPSA) is 99.1 Å². The van der Waals surface area contributed by atoms with Crippen LogP contribution < -0.4 is 0 Å². The lowest BCUT2D eigenvalue weighted by molar-refractivity contribution is -0.387. The highest BCUT2D eigenvalue weighted by Gasteiger charge is 2.20. The average molecular weight is 347 g/mol. The lowest BCUT2D eigenvalue weighted by Crippen LogP contribution is -1.97. The van der Waals surface area contributed by atoms with Gasteiger partial charge in [-0.1, -0.05) is 6.07 Å². The second-order valence-electron chi connectivity index (χ2n) is 4.45. The van der Waals surface area contributed by atoms with Crippen molar-refractivity contribution in [2.45, 2.75) is 17.0 Å². The molecule has 7 nitrogen and oxygen atoms in total. The molecule has 0 bridgehead atoms. The fourth-order valence-electron chi connectivity index (χ4n) is 1.81. The molecular weight excluding hydrogens is 338 g/mol. The van der Waals surface area contributed by atoms with E-state index in [2.05, 4.69) is 10.2 Å². The van der Waals surface area contributed by atoms with E-state index in [1.807, 2.05) is 17.5 Å². The third-order valence-electron chi connectivity index (χ3n) is 2.90. The number of hydrogen-bond acceptors (Lipinski definition) is 8. The van der Waals surface area contributed by atoms with Gasteiger partial charge in [0.1, 0.15) is 0 Å². The lowest BCUT2D eigenvalue weighted by atomic mass is 10.1. The first-order chi connectivity index (χ1) is 11.0. The molecule has 23 heavy (non-hydrogen) atoms. The number of rotatable bonds is 5. The van der Waals surface area contributed by atoms with E-state index in [1.54, 1.807) is 0 Å². The zero-order chi connectivity index (χ0) is 16.4. The molecule has 3 rings (SSSR count). The van der Waals surface area contributed by atoms with Crippen molar-refractivity contribution in [1.82, 2.24) is 10.2 Å². The van der Waals surface area contributed by atoms with Crippen molar-refractivity contribution in [3.63, 3.8) is 0 Å². The van der Waals surface area contributed by atoms with Crippen LogP contribution in [0.4, 0.5) is 5.69 Å². The molecule has 2 aromatic heterocycles. The largest absolute Gasteiger partial charge is 0.410 e. The first-order valence-electron chi connectivity index (χ1n) is 6.39. The van der Waals surface area contributed by atoms with E-state index in [1.165, 1.54) is 36.5 Å². The van der Waals surface area contributed by atoms with Crippen molar-refractivity contribution in [3.05, 3.63) is 51.4 Å². The Labute approximate surface area is 138 Å². The number of Topliss-reactive ketones (excluding diaryl/α,β-unsaturated/α-hetero) is 1. The van der Waals surface area contributed by atoms with E-state index in [-0.39, 0.29) is 22.3 Å². The minimum absolute atomic E-state index is 0.168. The standard InChI is InChI=1S/C14H9N3O4S2/c1-8(18)9-4-5-11(10(7-9)17(19)20)23-14-16-15-13(21-14)12-3-2-6-22-12/h2-7H,1H3. The maximum Gasteiger partial charge on any atom is 0.284 e. The number of nitro benzene ring substituents is 1. The number of carbonyl (C=O) groups is 1. The summed E-state index contributed by atoms with van der Waals surface area (Å²) in [6.07, 6.45) is 0. The van der Waals surface area contributed by atoms with Crippen LogP contribution in [0.5, 0.6) is 0 Å². The molecule has 0 aliphatic heterocycles. The van der Waals surface area contributed by atoms with Crippen LogP contribution in [0, 0.1) is 10.1 Å². The van der Waals surface area contributed by atoms with Crippen LogP contribution in [0.2, 0.25) is 0 Å². The summed E-state index contributed by atoms with van der Waals surface area (Å²) in [6.45, 7) is 1.36. The molecular formula is C14H9N3O4S2. The van der Waals surface area contributed by atoms with Gasteiger partial charge in [-0.3, -0.25) is 14.9 Å². The summed E-state index contributed by atoms with van der Waals surface area (Å²) < 4.78 is 5.51. The third-order valence-corrected chi connectivity index (χ3v) is 4.66. The van der Waals surface area contributed by atoms with Gasteiger partial charge in [0.25, 0.3) is 16.8 Å². The number of aromatic nitrogens is 2. The van der Waals surface area contributed by atoms with Crippen LogP contribution in [0.25, 0.3) is 10.8 Å². The van der Waals surface area contributed by atoms with Gasteiger partial charge in [0.05, 0.1) is 14.7 Å². The van der Waals surface area contributed by atoms with Crippen LogP contribution in [0.1, 0.15) is 17.3 Å². The molecule has 0 saturated heterocycles. The number of nitro groups is 1. The minimum Gasteiger partial charge on any atom is -0.410 e. The molecule has 0 atom stereocenters. The molecule has 1 aromatic carbocycles. The Morgan fingerprint density at radius 2 is 2.17 bits per heavy atom. The van der Waals surface area contributed by atoms with Crippen LogP contribution in [-0.4, -0.2) is 20.9 Å². The predicted octanol–water partition coefficient (Wildman–Crippen LogP) is 4.06. The van der Waals surface area contributed by atoms with Gasteiger partial charge >= 0.3 is 0 Å². The summed E-state index contributed by atoms with van der Waals surface area (Å²) in [6, 6.07) is 8.00. The number of carbonyl (C=O) groups excluding carboxylic acids is 1. The third kappa shape index (κ3) is 3.30. The molecule has 0 unspecified atom stereocenters. The smallest absolute Gasteiger partial charge is 0.284 e. The molecule has 0 fully saturated rings. The van der Waals surface area contributed by atoms with Gasteiger partial charge in [-0.15, -0.1) is 21.5 Å². The van der Waals surface area contributed by atoms with E-state index in [9.17, 15) is 14.9 Å². The van der Waals surface area contributed by atoms with Crippen LogP contribution in [0.3, 0.4) is 0 Å². The zero-order valence-corrected chi connectivity index (χ0v) is 13.4. The molecule has 0 aliphatic carbocycles. The molecule has 9 heteroatoms. The van der Waals surface area contributed by atoms with Crippen molar-refractivity contribution >= 4 is 34.6 Å². The maximum absolute atomic E-state index is 11.4. The molecule has 0 N–H and O–H groups in total. The van der Waals surface area contributed by atoms with E-state index in [0.717, 1.165) is 16.6 Å². The first kappa shape index (κ1) is 15.4. The fourth-order valence-corrected chi connectivity index (χ4v) is 3.22. The fraction of sp³-hybridized carbons (Fsp3) is 0.0714. The summed E-state index contributed by atoms with van der Waals surface area (Å²) in [7, 11) is 0. The Kier molecular flexibility index (Phi) is 4.22. The predicted molar refractivity (Wildman–Crippen MR) is 84.8 cm³/mol. The molecule has 0 saturated carbocycles. The second kappa shape index (κ2) is 6.31. The summed E-state index contributed by atoms with van der Waals surface area (Å²) in [5.74, 6) is 0.132. The summed E-state index contributed by atoms with van der Waals surface area (Å²) >= 11 is 2.45. The first-order valence-corrected chi connectivity index (χ1v) is 8.09. The van der Waals surface area contributed by atoms with Gasteiger partial charge in [-0.05, 0) is 42.3 Å². The summed E-state index contributed by atoms with van der Waals surface area (Å²) in [5, 5.41) is 21.1. The van der Waals surface area contributed by atoms with Gasteiger partial charge in [0.2, 0.25) is 0 Å². The van der Waals surface area contributed by atoms with Gasteiger partial charge in [0, 0.05) is 11.6 Å². The summed E-state index contributed by atoms with van der Waals surface area (Å²) in [5.41, 5.74) is 0.115. The van der Waals surface area contributed by atoms with E-state index >= 15 is 0 Å². The van der Waals surface area contributed by atoms with Crippen molar-refractivity contribution in [1.29, 1.82) is 0 Å². The SMILES string of the molecule is CC(=O)c1ccc(Sc2nnc(-c3cccs3)o2)c([N+](=O)[O-])c1. The normalized spacial score (nSPS) is 10.7. The van der Waals surface area contributed by atoms with E-state index < -0.39 is 4.92 Å². The van der Waals surface area contributed by atoms with Gasteiger partial charge < -0.3 is 4.42 Å². The van der Waals surface area contributed by atoms with Crippen LogP contribution in [0.15, 0.2) is 50.2 Å². The monoisotopic (exact) mass is 347 g/mol. The maximum atomic E-state index is 11.4. The lowest BCUT2D eigenvalue weighted by Gasteiger charge is -2.01. The average Bonchev–Trinajstić information content (AvgIpc) is 3.17. The number of ketones is 1. The Hall–Kier alpha value is -2.52. The molecule has 0 spiro atoms. The highest BCUT2D eigenvalue weighted by atomic mass is 32.2. The van der Waals surface area contributed by atoms with E-state index in [0.29, 0.717) is 10.8 Å². The molecule has 0 radical (unpaired) electrons. The Morgan fingerprint density at radius 3 is 2.83 bits per heavy atom. The quantitative estimate of drug-likeness (QED) is 0.390. The second-order valence-corrected chi connectivity index (χ2v) is 6.39. The van der Waals surface area contributed by atoms with Crippen LogP contribution in [-0.2, 0) is 0 Å². The Balaban J connectivity index is 1.91. The van der Waals surface area contributed by atoms with Crippen molar-refractivity contribution < 1.29 is 14.1 Å². The van der Waals surface area contributed by atoms with Crippen LogP contribution >= 0.6 is 23.1 Å². The van der Waals surface area contributed by atoms with E-state index in [4.69, 9.17) is 4.42 Å². The van der Waals surface area contributed by atoms with Crippen molar-refractivity contribution in [2.75, 3.05) is 0 Å². The summed E-state index contributed by atoms with van der Waals surface area (Å²) in [4.78, 5) is 23.2. The number of hydrogen-bond donors (Lipinski definition) is 0. The number of nitrogens with zero attached hydrogens (tertiary/aromatic N) is 3. The molecule has 0 aliphatic rings. The highest BCUT2D eigenvalue weighted by molar-refractivity contribution is 7.99. The minimum atomic E-state index is -0.536.